The van der Waals surface area contributed by atoms with E-state index in [2.05, 4.69) is 23.1 Å². The van der Waals surface area contributed by atoms with Crippen LogP contribution >= 0.6 is 0 Å². The van der Waals surface area contributed by atoms with Gasteiger partial charge in [-0.05, 0) is 57.7 Å². The summed E-state index contributed by atoms with van der Waals surface area (Å²) in [5.74, 6) is 0.496. The van der Waals surface area contributed by atoms with Crippen LogP contribution in [0.15, 0.2) is 33.7 Å². The van der Waals surface area contributed by atoms with Crippen LogP contribution in [0.25, 0.3) is 33.1 Å². The monoisotopic (exact) mass is 475 g/mol. The number of likely N-dealkylation sites (tertiary alicyclic amines) is 1. The standard InChI is InChI=1S/C26H29N5O4/c1-14-19(16-10-27-30(11-16)18-12-29(13-18)25(33)35-26(3,4)5)8-9-20-22(14)31(17-6-7-17)24(32)21-23(20)34-15(2)28-21/h8-11,17-18H,6-7,12-13H2,1-5H3. The molecule has 0 N–H and O–H groups in total. The molecule has 4 aromatic rings. The molecule has 6 rings (SSSR count). The van der Waals surface area contributed by atoms with Gasteiger partial charge >= 0.3 is 6.09 Å². The SMILES string of the molecule is Cc1nc2c(=O)n(C3CC3)c3c(C)c(-c4cnn(C5CN(C(=O)OC(C)(C)C)C5)c4)ccc3c2o1. The lowest BCUT2D eigenvalue weighted by atomic mass is 9.99. The molecule has 4 heterocycles. The molecule has 0 unspecified atom stereocenters. The number of pyridine rings is 1. The van der Waals surface area contributed by atoms with Crippen LogP contribution in [-0.2, 0) is 4.74 Å². The summed E-state index contributed by atoms with van der Waals surface area (Å²) in [7, 11) is 0. The third-order valence-corrected chi connectivity index (χ3v) is 6.78. The third-order valence-electron chi connectivity index (χ3n) is 6.78. The van der Waals surface area contributed by atoms with Crippen molar-refractivity contribution in [3.05, 3.63) is 46.3 Å². The first-order valence-electron chi connectivity index (χ1n) is 12.1. The Labute approximate surface area is 202 Å². The summed E-state index contributed by atoms with van der Waals surface area (Å²) in [5, 5.41) is 5.50. The lowest BCUT2D eigenvalue weighted by Gasteiger charge is -2.39. The van der Waals surface area contributed by atoms with E-state index in [9.17, 15) is 9.59 Å². The van der Waals surface area contributed by atoms with Gasteiger partial charge in [0, 0.05) is 43.2 Å². The number of hydrogen-bond acceptors (Lipinski definition) is 6. The van der Waals surface area contributed by atoms with Crippen molar-refractivity contribution in [3.63, 3.8) is 0 Å². The molecular formula is C26H29N5O4. The average molecular weight is 476 g/mol. The van der Waals surface area contributed by atoms with Gasteiger partial charge in [-0.3, -0.25) is 9.48 Å². The normalized spacial score (nSPS) is 16.8. The number of oxazole rings is 1. The van der Waals surface area contributed by atoms with Gasteiger partial charge in [-0.1, -0.05) is 6.07 Å². The number of aryl methyl sites for hydroxylation is 2. The van der Waals surface area contributed by atoms with Crippen LogP contribution in [0.3, 0.4) is 0 Å². The maximum absolute atomic E-state index is 13.3. The highest BCUT2D eigenvalue weighted by molar-refractivity contribution is 6.04. The number of ether oxygens (including phenoxy) is 1. The molecule has 182 valence electrons. The fourth-order valence-electron chi connectivity index (χ4n) is 4.93. The first-order valence-corrected chi connectivity index (χ1v) is 12.1. The zero-order valence-electron chi connectivity index (χ0n) is 20.7. The van der Waals surface area contributed by atoms with Crippen molar-refractivity contribution in [2.24, 2.45) is 0 Å². The topological polar surface area (TPSA) is 95.4 Å². The number of carbonyl (C=O) groups is 1. The second kappa shape index (κ2) is 7.44. The highest BCUT2D eigenvalue weighted by Crippen LogP contribution is 2.40. The van der Waals surface area contributed by atoms with E-state index in [4.69, 9.17) is 9.15 Å². The van der Waals surface area contributed by atoms with Gasteiger partial charge in [0.2, 0.25) is 0 Å². The summed E-state index contributed by atoms with van der Waals surface area (Å²) in [6.45, 7) is 10.6. The van der Waals surface area contributed by atoms with Gasteiger partial charge in [0.15, 0.2) is 17.0 Å². The van der Waals surface area contributed by atoms with Gasteiger partial charge in [-0.2, -0.15) is 5.10 Å². The van der Waals surface area contributed by atoms with Crippen LogP contribution in [0.4, 0.5) is 4.79 Å². The van der Waals surface area contributed by atoms with Crippen LogP contribution in [0.2, 0.25) is 0 Å². The van der Waals surface area contributed by atoms with Crippen LogP contribution in [0.5, 0.6) is 0 Å². The lowest BCUT2D eigenvalue weighted by Crippen LogP contribution is -2.52. The zero-order chi connectivity index (χ0) is 24.6. The maximum atomic E-state index is 13.3. The Morgan fingerprint density at radius 1 is 1.14 bits per heavy atom. The molecular weight excluding hydrogens is 446 g/mol. The van der Waals surface area contributed by atoms with E-state index in [1.807, 2.05) is 48.5 Å². The fraction of sp³-hybridized carbons (Fsp3) is 0.462. The van der Waals surface area contributed by atoms with Crippen molar-refractivity contribution in [2.75, 3.05) is 13.1 Å². The molecule has 1 aliphatic heterocycles. The van der Waals surface area contributed by atoms with Crippen LogP contribution in [0, 0.1) is 13.8 Å². The molecule has 0 bridgehead atoms. The molecule has 0 atom stereocenters. The van der Waals surface area contributed by atoms with Gasteiger partial charge in [0.1, 0.15) is 5.60 Å². The van der Waals surface area contributed by atoms with Gasteiger partial charge in [-0.15, -0.1) is 0 Å². The van der Waals surface area contributed by atoms with Crippen LogP contribution in [-0.4, -0.2) is 49.0 Å². The largest absolute Gasteiger partial charge is 0.444 e. The Morgan fingerprint density at radius 3 is 2.57 bits per heavy atom. The quantitative estimate of drug-likeness (QED) is 0.424. The molecule has 1 aliphatic carbocycles. The maximum Gasteiger partial charge on any atom is 0.410 e. The number of hydrogen-bond donors (Lipinski definition) is 0. The molecule has 2 aliphatic rings. The molecule has 1 amide bonds. The van der Waals surface area contributed by atoms with E-state index in [0.29, 0.717) is 30.1 Å². The minimum atomic E-state index is -0.508. The molecule has 1 saturated heterocycles. The highest BCUT2D eigenvalue weighted by Gasteiger charge is 2.35. The number of benzene rings is 1. The summed E-state index contributed by atoms with van der Waals surface area (Å²) in [5.41, 5.74) is 4.30. The van der Waals surface area contributed by atoms with Gasteiger partial charge in [0.25, 0.3) is 5.56 Å². The minimum Gasteiger partial charge on any atom is -0.444 e. The summed E-state index contributed by atoms with van der Waals surface area (Å²) in [4.78, 5) is 31.7. The van der Waals surface area contributed by atoms with Crippen molar-refractivity contribution in [1.29, 1.82) is 0 Å². The summed E-state index contributed by atoms with van der Waals surface area (Å²) >= 11 is 0. The van der Waals surface area contributed by atoms with E-state index in [-0.39, 0.29) is 23.7 Å². The van der Waals surface area contributed by atoms with Crippen molar-refractivity contribution >= 4 is 28.1 Å². The molecule has 2 fully saturated rings. The van der Waals surface area contributed by atoms with Crippen molar-refractivity contribution in [3.8, 4) is 11.1 Å². The molecule has 1 saturated carbocycles. The number of carbonyl (C=O) groups excluding carboxylic acids is 1. The first-order chi connectivity index (χ1) is 16.6. The molecule has 9 nitrogen and oxygen atoms in total. The molecule has 9 heteroatoms. The second-order valence-corrected chi connectivity index (χ2v) is 10.7. The van der Waals surface area contributed by atoms with Crippen molar-refractivity contribution in [2.45, 2.75) is 65.1 Å². The van der Waals surface area contributed by atoms with E-state index in [0.717, 1.165) is 40.4 Å². The smallest absolute Gasteiger partial charge is 0.410 e. The minimum absolute atomic E-state index is 0.0838. The number of nitrogens with zero attached hydrogens (tertiary/aromatic N) is 5. The summed E-state index contributed by atoms with van der Waals surface area (Å²) in [6.07, 6.45) is 5.56. The highest BCUT2D eigenvalue weighted by atomic mass is 16.6. The third kappa shape index (κ3) is 3.61. The lowest BCUT2D eigenvalue weighted by molar-refractivity contribution is -0.000383. The predicted octanol–water partition coefficient (Wildman–Crippen LogP) is 4.75. The molecule has 3 aromatic heterocycles. The zero-order valence-corrected chi connectivity index (χ0v) is 20.7. The Morgan fingerprint density at radius 2 is 1.89 bits per heavy atom. The number of aromatic nitrogens is 4. The van der Waals surface area contributed by atoms with Crippen LogP contribution in [0.1, 0.15) is 57.2 Å². The average Bonchev–Trinajstić information content (AvgIpc) is 3.31. The number of fused-ring (bicyclic) bond motifs is 3. The van der Waals surface area contributed by atoms with E-state index >= 15 is 0 Å². The molecule has 1 aromatic carbocycles. The first kappa shape index (κ1) is 21.9. The predicted molar refractivity (Wildman–Crippen MR) is 132 cm³/mol. The second-order valence-electron chi connectivity index (χ2n) is 10.7. The van der Waals surface area contributed by atoms with Crippen molar-refractivity contribution in [1.82, 2.24) is 24.2 Å². The van der Waals surface area contributed by atoms with E-state index in [1.54, 1.807) is 11.8 Å². The summed E-state index contributed by atoms with van der Waals surface area (Å²) in [6, 6.07) is 4.40. The van der Waals surface area contributed by atoms with Crippen molar-refractivity contribution < 1.29 is 13.9 Å². The van der Waals surface area contributed by atoms with E-state index in [1.165, 1.54) is 0 Å². The Bertz CT molecular complexity index is 1540. The van der Waals surface area contributed by atoms with Gasteiger partial charge < -0.3 is 18.6 Å². The van der Waals surface area contributed by atoms with Crippen LogP contribution < -0.4 is 5.56 Å². The Kier molecular flexibility index (Phi) is 4.65. The Hall–Kier alpha value is -3.62. The van der Waals surface area contributed by atoms with Gasteiger partial charge in [0.05, 0.1) is 17.8 Å². The number of rotatable bonds is 3. The van der Waals surface area contributed by atoms with E-state index < -0.39 is 5.60 Å². The molecule has 0 radical (unpaired) electrons. The molecule has 35 heavy (non-hydrogen) atoms. The fourth-order valence-corrected chi connectivity index (χ4v) is 4.93. The van der Waals surface area contributed by atoms with Gasteiger partial charge in [-0.25, -0.2) is 9.78 Å². The Balaban J connectivity index is 1.34. The molecule has 0 spiro atoms. The summed E-state index contributed by atoms with van der Waals surface area (Å²) < 4.78 is 15.1. The number of amides is 1.